The second-order valence-electron chi connectivity index (χ2n) is 6.35. The SMILES string of the molecule is CC(C)C(NC(=O)c1ccc(Cl)c(Cl)c1)C(=O)NN=CC=Cc1ccccc1. The third-order valence-electron chi connectivity index (χ3n) is 3.84. The molecule has 2 aromatic rings. The van der Waals surface area contributed by atoms with Gasteiger partial charge in [-0.1, -0.05) is 73.5 Å². The third kappa shape index (κ3) is 6.51. The number of benzene rings is 2. The van der Waals surface area contributed by atoms with Crippen LogP contribution in [-0.2, 0) is 4.79 Å². The quantitative estimate of drug-likeness (QED) is 0.511. The Morgan fingerprint density at radius 2 is 1.75 bits per heavy atom. The zero-order chi connectivity index (χ0) is 20.5. The highest BCUT2D eigenvalue weighted by molar-refractivity contribution is 6.42. The summed E-state index contributed by atoms with van der Waals surface area (Å²) in [5, 5.41) is 7.22. The van der Waals surface area contributed by atoms with Gasteiger partial charge in [0.15, 0.2) is 0 Å². The first-order valence-electron chi connectivity index (χ1n) is 8.69. The molecule has 0 spiro atoms. The lowest BCUT2D eigenvalue weighted by atomic mass is 10.0. The molecule has 0 aliphatic heterocycles. The Kier molecular flexibility index (Phi) is 8.23. The summed E-state index contributed by atoms with van der Waals surface area (Å²) >= 11 is 11.8. The lowest BCUT2D eigenvalue weighted by molar-refractivity contribution is -0.123. The van der Waals surface area contributed by atoms with Crippen LogP contribution < -0.4 is 10.7 Å². The van der Waals surface area contributed by atoms with E-state index >= 15 is 0 Å². The lowest BCUT2D eigenvalue weighted by Gasteiger charge is -2.20. The molecule has 28 heavy (non-hydrogen) atoms. The number of hydrogen-bond donors (Lipinski definition) is 2. The van der Waals surface area contributed by atoms with Crippen molar-refractivity contribution in [1.82, 2.24) is 10.7 Å². The number of hydrazone groups is 1. The molecule has 2 amide bonds. The summed E-state index contributed by atoms with van der Waals surface area (Å²) in [7, 11) is 0. The number of halogens is 2. The van der Waals surface area contributed by atoms with E-state index in [1.54, 1.807) is 12.1 Å². The maximum Gasteiger partial charge on any atom is 0.262 e. The van der Waals surface area contributed by atoms with Crippen molar-refractivity contribution >= 4 is 47.3 Å². The van der Waals surface area contributed by atoms with Gasteiger partial charge in [0, 0.05) is 11.8 Å². The van der Waals surface area contributed by atoms with Gasteiger partial charge in [0.2, 0.25) is 0 Å². The molecule has 0 saturated heterocycles. The zero-order valence-corrected chi connectivity index (χ0v) is 17.0. The molecule has 2 N–H and O–H groups in total. The smallest absolute Gasteiger partial charge is 0.262 e. The third-order valence-corrected chi connectivity index (χ3v) is 4.58. The van der Waals surface area contributed by atoms with Crippen molar-refractivity contribution in [3.05, 3.63) is 75.8 Å². The summed E-state index contributed by atoms with van der Waals surface area (Å²) in [6.07, 6.45) is 5.05. The van der Waals surface area contributed by atoms with Gasteiger partial charge in [-0.2, -0.15) is 5.10 Å². The highest BCUT2D eigenvalue weighted by atomic mass is 35.5. The molecule has 0 saturated carbocycles. The van der Waals surface area contributed by atoms with Gasteiger partial charge in [-0.05, 0) is 35.8 Å². The fourth-order valence-electron chi connectivity index (χ4n) is 2.33. The largest absolute Gasteiger partial charge is 0.340 e. The molecule has 5 nitrogen and oxygen atoms in total. The van der Waals surface area contributed by atoms with Crippen molar-refractivity contribution in [3.8, 4) is 0 Å². The second kappa shape index (κ2) is 10.6. The normalized spacial score (nSPS) is 12.5. The molecule has 0 aliphatic carbocycles. The molecule has 0 heterocycles. The molecule has 146 valence electrons. The standard InChI is InChI=1S/C21H21Cl2N3O2/c1-14(2)19(25-20(27)16-10-11-17(22)18(23)13-16)21(28)26-24-12-6-9-15-7-4-3-5-8-15/h3-14,19H,1-2H3,(H,25,27)(H,26,28). The molecule has 1 atom stereocenters. The minimum Gasteiger partial charge on any atom is -0.340 e. The Labute approximate surface area is 174 Å². The molecule has 0 bridgehead atoms. The number of allylic oxidation sites excluding steroid dienone is 1. The van der Waals surface area contributed by atoms with E-state index in [1.807, 2.05) is 50.3 Å². The van der Waals surface area contributed by atoms with E-state index in [4.69, 9.17) is 23.2 Å². The van der Waals surface area contributed by atoms with Gasteiger partial charge in [0.05, 0.1) is 10.0 Å². The summed E-state index contributed by atoms with van der Waals surface area (Å²) in [6, 6.07) is 13.5. The van der Waals surface area contributed by atoms with Gasteiger partial charge in [0.25, 0.3) is 11.8 Å². The number of nitrogens with one attached hydrogen (secondary N) is 2. The van der Waals surface area contributed by atoms with E-state index in [1.165, 1.54) is 18.3 Å². The van der Waals surface area contributed by atoms with Crippen molar-refractivity contribution in [1.29, 1.82) is 0 Å². The van der Waals surface area contributed by atoms with E-state index in [2.05, 4.69) is 15.8 Å². The van der Waals surface area contributed by atoms with Crippen molar-refractivity contribution in [2.45, 2.75) is 19.9 Å². The van der Waals surface area contributed by atoms with Crippen LogP contribution in [-0.4, -0.2) is 24.1 Å². The molecule has 0 aromatic heterocycles. The summed E-state index contributed by atoms with van der Waals surface area (Å²) in [6.45, 7) is 3.66. The van der Waals surface area contributed by atoms with Crippen LogP contribution in [0.2, 0.25) is 10.0 Å². The van der Waals surface area contributed by atoms with Gasteiger partial charge >= 0.3 is 0 Å². The number of nitrogens with zero attached hydrogens (tertiary/aromatic N) is 1. The lowest BCUT2D eigenvalue weighted by Crippen LogP contribution is -2.48. The van der Waals surface area contributed by atoms with E-state index in [-0.39, 0.29) is 10.9 Å². The van der Waals surface area contributed by atoms with E-state index < -0.39 is 17.9 Å². The topological polar surface area (TPSA) is 70.6 Å². The fraction of sp³-hybridized carbons (Fsp3) is 0.190. The summed E-state index contributed by atoms with van der Waals surface area (Å²) < 4.78 is 0. The number of carbonyl (C=O) groups excluding carboxylic acids is 2. The van der Waals surface area contributed by atoms with Crippen LogP contribution >= 0.6 is 23.2 Å². The Morgan fingerprint density at radius 3 is 2.39 bits per heavy atom. The Morgan fingerprint density at radius 1 is 1.04 bits per heavy atom. The van der Waals surface area contributed by atoms with Crippen molar-refractivity contribution in [3.63, 3.8) is 0 Å². The Hall–Kier alpha value is -2.63. The van der Waals surface area contributed by atoms with Crippen LogP contribution in [0.25, 0.3) is 6.08 Å². The average Bonchev–Trinajstić information content (AvgIpc) is 2.68. The van der Waals surface area contributed by atoms with Crippen LogP contribution in [0, 0.1) is 5.92 Å². The Bertz CT molecular complexity index is 880. The minimum absolute atomic E-state index is 0.137. The van der Waals surface area contributed by atoms with Crippen molar-refractivity contribution in [2.75, 3.05) is 0 Å². The van der Waals surface area contributed by atoms with Crippen LogP contribution in [0.3, 0.4) is 0 Å². The summed E-state index contributed by atoms with van der Waals surface area (Å²) in [5.74, 6) is -0.963. The monoisotopic (exact) mass is 417 g/mol. The first-order valence-corrected chi connectivity index (χ1v) is 9.44. The minimum atomic E-state index is -0.753. The molecule has 0 aliphatic rings. The molecular formula is C21H21Cl2N3O2. The van der Waals surface area contributed by atoms with Crippen molar-refractivity contribution < 1.29 is 9.59 Å². The average molecular weight is 418 g/mol. The number of rotatable bonds is 7. The second-order valence-corrected chi connectivity index (χ2v) is 7.16. The molecule has 0 fully saturated rings. The highest BCUT2D eigenvalue weighted by Gasteiger charge is 2.24. The van der Waals surface area contributed by atoms with Gasteiger partial charge in [0.1, 0.15) is 6.04 Å². The van der Waals surface area contributed by atoms with Gasteiger partial charge in [-0.15, -0.1) is 0 Å². The first kappa shape index (κ1) is 21.7. The summed E-state index contributed by atoms with van der Waals surface area (Å²) in [4.78, 5) is 24.8. The van der Waals surface area contributed by atoms with Crippen LogP contribution in [0.15, 0.2) is 59.7 Å². The number of hydrogen-bond acceptors (Lipinski definition) is 3. The summed E-state index contributed by atoms with van der Waals surface area (Å²) in [5.41, 5.74) is 3.79. The van der Waals surface area contributed by atoms with E-state index in [0.717, 1.165) is 5.56 Å². The Balaban J connectivity index is 1.95. The van der Waals surface area contributed by atoms with Crippen LogP contribution in [0.1, 0.15) is 29.8 Å². The predicted molar refractivity (Wildman–Crippen MR) is 115 cm³/mol. The van der Waals surface area contributed by atoms with Crippen LogP contribution in [0.4, 0.5) is 0 Å². The molecule has 1 unspecified atom stereocenters. The van der Waals surface area contributed by atoms with Gasteiger partial charge in [-0.25, -0.2) is 5.43 Å². The molecule has 2 rings (SSSR count). The fourth-order valence-corrected chi connectivity index (χ4v) is 2.63. The highest BCUT2D eigenvalue weighted by Crippen LogP contribution is 2.22. The number of amides is 2. The first-order chi connectivity index (χ1) is 13.4. The molecule has 7 heteroatoms. The van der Waals surface area contributed by atoms with E-state index in [9.17, 15) is 9.59 Å². The van der Waals surface area contributed by atoms with E-state index in [0.29, 0.717) is 10.6 Å². The van der Waals surface area contributed by atoms with Gasteiger partial charge < -0.3 is 5.32 Å². The maximum absolute atomic E-state index is 12.4. The number of carbonyl (C=O) groups is 2. The molecule has 2 aromatic carbocycles. The van der Waals surface area contributed by atoms with Crippen molar-refractivity contribution in [2.24, 2.45) is 11.0 Å². The molecular weight excluding hydrogens is 397 g/mol. The zero-order valence-electron chi connectivity index (χ0n) is 15.5. The maximum atomic E-state index is 12.4. The van der Waals surface area contributed by atoms with Gasteiger partial charge in [-0.3, -0.25) is 9.59 Å². The predicted octanol–water partition coefficient (Wildman–Crippen LogP) is 4.56. The molecule has 0 radical (unpaired) electrons. The van der Waals surface area contributed by atoms with Crippen LogP contribution in [0.5, 0.6) is 0 Å².